The number of aromatic nitrogens is 2. The second-order valence-corrected chi connectivity index (χ2v) is 6.19. The fourth-order valence-electron chi connectivity index (χ4n) is 2.66. The predicted molar refractivity (Wildman–Crippen MR) is 83.3 cm³/mol. The fourth-order valence-corrected chi connectivity index (χ4v) is 2.66. The van der Waals surface area contributed by atoms with Gasteiger partial charge in [-0.2, -0.15) is 0 Å². The zero-order valence-electron chi connectivity index (χ0n) is 14.1. The van der Waals surface area contributed by atoms with Crippen molar-refractivity contribution in [3.8, 4) is 0 Å². The van der Waals surface area contributed by atoms with Crippen molar-refractivity contribution >= 4 is 5.91 Å². The highest BCUT2D eigenvalue weighted by Gasteiger charge is 2.20. The number of hydrogen-bond acceptors (Lipinski definition) is 6. The molecule has 0 saturated carbocycles. The summed E-state index contributed by atoms with van der Waals surface area (Å²) in [7, 11) is 3.93. The van der Waals surface area contributed by atoms with E-state index in [2.05, 4.69) is 34.0 Å². The molecule has 7 nitrogen and oxygen atoms in total. The Morgan fingerprint density at radius 3 is 2.59 bits per heavy atom. The first-order valence-corrected chi connectivity index (χ1v) is 7.91. The van der Waals surface area contributed by atoms with E-state index in [1.54, 1.807) is 18.9 Å². The SMILES string of the molecule is Cc1nnc(CN(C)C(=O)CC[C@@H](C)N2CCN(C)CC2)o1. The molecule has 0 bridgehead atoms. The number of nitrogens with zero attached hydrogens (tertiary/aromatic N) is 5. The molecule has 7 heteroatoms. The first kappa shape index (κ1) is 16.9. The van der Waals surface area contributed by atoms with Gasteiger partial charge in [0.05, 0.1) is 6.54 Å². The van der Waals surface area contributed by atoms with Crippen LogP contribution in [0.2, 0.25) is 0 Å². The number of likely N-dealkylation sites (N-methyl/N-ethyl adjacent to an activating group) is 1. The Labute approximate surface area is 132 Å². The first-order chi connectivity index (χ1) is 10.5. The third-order valence-corrected chi connectivity index (χ3v) is 4.30. The van der Waals surface area contributed by atoms with Crippen molar-refractivity contribution in [2.75, 3.05) is 40.3 Å². The maximum absolute atomic E-state index is 12.2. The highest BCUT2D eigenvalue weighted by molar-refractivity contribution is 5.75. The van der Waals surface area contributed by atoms with Crippen molar-refractivity contribution < 1.29 is 9.21 Å². The standard InChI is InChI=1S/C15H27N5O2/c1-12(20-9-7-18(3)8-10-20)5-6-15(21)19(4)11-14-17-16-13(2)22-14/h12H,5-11H2,1-4H3/t12-/m1/s1. The van der Waals surface area contributed by atoms with Gasteiger partial charge in [-0.05, 0) is 20.4 Å². The molecule has 1 aromatic rings. The average molecular weight is 309 g/mol. The second kappa shape index (κ2) is 7.69. The third-order valence-electron chi connectivity index (χ3n) is 4.30. The van der Waals surface area contributed by atoms with Crippen LogP contribution in [0.1, 0.15) is 31.5 Å². The number of amides is 1. The van der Waals surface area contributed by atoms with Gasteiger partial charge in [0.25, 0.3) is 0 Å². The molecule has 0 aliphatic carbocycles. The zero-order chi connectivity index (χ0) is 16.1. The highest BCUT2D eigenvalue weighted by atomic mass is 16.4. The zero-order valence-corrected chi connectivity index (χ0v) is 14.1. The lowest BCUT2D eigenvalue weighted by Crippen LogP contribution is -2.48. The van der Waals surface area contributed by atoms with Crippen LogP contribution in [0.3, 0.4) is 0 Å². The molecule has 0 N–H and O–H groups in total. The first-order valence-electron chi connectivity index (χ1n) is 7.91. The molecule has 2 heterocycles. The van der Waals surface area contributed by atoms with Crippen molar-refractivity contribution in [2.24, 2.45) is 0 Å². The minimum absolute atomic E-state index is 0.122. The predicted octanol–water partition coefficient (Wildman–Crippen LogP) is 0.753. The van der Waals surface area contributed by atoms with Gasteiger partial charge >= 0.3 is 0 Å². The number of rotatable bonds is 6. The van der Waals surface area contributed by atoms with E-state index >= 15 is 0 Å². The lowest BCUT2D eigenvalue weighted by molar-refractivity contribution is -0.131. The van der Waals surface area contributed by atoms with Crippen molar-refractivity contribution in [2.45, 2.75) is 39.3 Å². The van der Waals surface area contributed by atoms with E-state index in [0.717, 1.165) is 32.6 Å². The van der Waals surface area contributed by atoms with Gasteiger partial charge in [-0.3, -0.25) is 9.69 Å². The second-order valence-electron chi connectivity index (χ2n) is 6.19. The Kier molecular flexibility index (Phi) is 5.90. The van der Waals surface area contributed by atoms with Crippen molar-refractivity contribution in [3.63, 3.8) is 0 Å². The average Bonchev–Trinajstić information content (AvgIpc) is 2.90. The van der Waals surface area contributed by atoms with Crippen LogP contribution < -0.4 is 0 Å². The van der Waals surface area contributed by atoms with Gasteiger partial charge in [0.15, 0.2) is 0 Å². The molecular weight excluding hydrogens is 282 g/mol. The third kappa shape index (κ3) is 4.78. The summed E-state index contributed by atoms with van der Waals surface area (Å²) in [5.41, 5.74) is 0. The number of carbonyl (C=O) groups excluding carboxylic acids is 1. The van der Waals surface area contributed by atoms with Crippen molar-refractivity contribution in [1.29, 1.82) is 0 Å². The summed E-state index contributed by atoms with van der Waals surface area (Å²) in [6.07, 6.45) is 1.44. The molecule has 1 aliphatic heterocycles. The maximum Gasteiger partial charge on any atom is 0.235 e. The van der Waals surface area contributed by atoms with Gasteiger partial charge in [-0.1, -0.05) is 0 Å². The summed E-state index contributed by atoms with van der Waals surface area (Å²) in [6, 6.07) is 0.441. The molecule has 2 rings (SSSR count). The molecule has 1 aliphatic rings. The van der Waals surface area contributed by atoms with Gasteiger partial charge in [0.2, 0.25) is 17.7 Å². The monoisotopic (exact) mass is 309 g/mol. The lowest BCUT2D eigenvalue weighted by atomic mass is 10.1. The Balaban J connectivity index is 1.72. The molecule has 1 amide bonds. The van der Waals surface area contributed by atoms with Crippen LogP contribution in [0.4, 0.5) is 0 Å². The van der Waals surface area contributed by atoms with Crippen LogP contribution in [0.25, 0.3) is 0 Å². The molecule has 0 aromatic carbocycles. The van der Waals surface area contributed by atoms with Gasteiger partial charge in [-0.25, -0.2) is 0 Å². The van der Waals surface area contributed by atoms with Crippen LogP contribution in [-0.2, 0) is 11.3 Å². The number of piperazine rings is 1. The largest absolute Gasteiger partial charge is 0.424 e. The minimum atomic E-state index is 0.122. The lowest BCUT2D eigenvalue weighted by Gasteiger charge is -2.36. The van der Waals surface area contributed by atoms with Crippen LogP contribution >= 0.6 is 0 Å². The summed E-state index contributed by atoms with van der Waals surface area (Å²) in [4.78, 5) is 18.7. The van der Waals surface area contributed by atoms with Crippen LogP contribution in [0.5, 0.6) is 0 Å². The molecule has 22 heavy (non-hydrogen) atoms. The van der Waals surface area contributed by atoms with Gasteiger partial charge < -0.3 is 14.2 Å². The minimum Gasteiger partial charge on any atom is -0.424 e. The normalized spacial score (nSPS) is 18.4. The van der Waals surface area contributed by atoms with E-state index in [4.69, 9.17) is 4.42 Å². The highest BCUT2D eigenvalue weighted by Crippen LogP contribution is 2.11. The molecule has 0 unspecified atom stereocenters. The van der Waals surface area contributed by atoms with Gasteiger partial charge in [-0.15, -0.1) is 10.2 Å². The van der Waals surface area contributed by atoms with E-state index in [1.165, 1.54) is 0 Å². The summed E-state index contributed by atoms with van der Waals surface area (Å²) in [5.74, 6) is 1.14. The van der Waals surface area contributed by atoms with Crippen LogP contribution in [-0.4, -0.2) is 77.1 Å². The van der Waals surface area contributed by atoms with Crippen LogP contribution in [0, 0.1) is 6.92 Å². The maximum atomic E-state index is 12.2. The molecule has 124 valence electrons. The Morgan fingerprint density at radius 1 is 1.32 bits per heavy atom. The Hall–Kier alpha value is -1.47. The van der Waals surface area contributed by atoms with E-state index in [9.17, 15) is 4.79 Å². The fraction of sp³-hybridized carbons (Fsp3) is 0.800. The van der Waals surface area contributed by atoms with E-state index < -0.39 is 0 Å². The van der Waals surface area contributed by atoms with Gasteiger partial charge in [0, 0.05) is 52.6 Å². The molecular formula is C15H27N5O2. The number of carbonyl (C=O) groups is 1. The Bertz CT molecular complexity index is 482. The molecule has 1 saturated heterocycles. The van der Waals surface area contributed by atoms with Gasteiger partial charge in [0.1, 0.15) is 0 Å². The molecule has 1 atom stereocenters. The summed E-state index contributed by atoms with van der Waals surface area (Å²) >= 11 is 0. The van der Waals surface area contributed by atoms with E-state index in [0.29, 0.717) is 30.8 Å². The van der Waals surface area contributed by atoms with E-state index in [1.807, 2.05) is 0 Å². The van der Waals surface area contributed by atoms with Crippen molar-refractivity contribution in [1.82, 2.24) is 24.9 Å². The smallest absolute Gasteiger partial charge is 0.235 e. The van der Waals surface area contributed by atoms with Crippen LogP contribution in [0.15, 0.2) is 4.42 Å². The molecule has 0 spiro atoms. The van der Waals surface area contributed by atoms with Crippen molar-refractivity contribution in [3.05, 3.63) is 11.8 Å². The molecule has 1 aromatic heterocycles. The topological polar surface area (TPSA) is 65.7 Å². The number of aryl methyl sites for hydroxylation is 1. The molecule has 1 fully saturated rings. The van der Waals surface area contributed by atoms with E-state index in [-0.39, 0.29) is 5.91 Å². The summed E-state index contributed by atoms with van der Waals surface area (Å²) < 4.78 is 5.31. The quantitative estimate of drug-likeness (QED) is 0.773. The summed E-state index contributed by atoms with van der Waals surface area (Å²) in [5, 5.41) is 7.70. The molecule has 0 radical (unpaired) electrons. The number of hydrogen-bond donors (Lipinski definition) is 0. The summed E-state index contributed by atoms with van der Waals surface area (Å²) in [6.45, 7) is 8.72. The Morgan fingerprint density at radius 2 is 2.00 bits per heavy atom.